The summed E-state index contributed by atoms with van der Waals surface area (Å²) in [6.45, 7) is 4.66. The van der Waals surface area contributed by atoms with Crippen LogP contribution in [0.3, 0.4) is 0 Å². The first kappa shape index (κ1) is 20.9. The zero-order chi connectivity index (χ0) is 20.4. The topological polar surface area (TPSA) is 44.7 Å². The summed E-state index contributed by atoms with van der Waals surface area (Å²) >= 11 is 6.31. The van der Waals surface area contributed by atoms with E-state index >= 15 is 0 Å². The van der Waals surface area contributed by atoms with Crippen LogP contribution >= 0.6 is 11.6 Å². The smallest absolute Gasteiger partial charge is 0.118 e. The summed E-state index contributed by atoms with van der Waals surface area (Å²) in [7, 11) is 0. The Kier molecular flexibility index (Phi) is 6.60. The molecule has 158 valence electrons. The van der Waals surface area contributed by atoms with Crippen LogP contribution in [0.2, 0.25) is 5.02 Å². The minimum Gasteiger partial charge on any atom is -0.395 e. The Morgan fingerprint density at radius 1 is 1.34 bits per heavy atom. The molecule has 6 heteroatoms. The average molecular weight is 421 g/mol. The molecular weight excluding hydrogens is 391 g/mol. The normalized spacial score (nSPS) is 31.1. The number of fused-ring (bicyclic) bond motifs is 3. The highest BCUT2D eigenvalue weighted by Gasteiger charge is 2.44. The van der Waals surface area contributed by atoms with Crippen molar-refractivity contribution in [1.29, 1.82) is 0 Å². The van der Waals surface area contributed by atoms with E-state index in [2.05, 4.69) is 17.1 Å². The molecule has 2 heterocycles. The molecule has 2 N–H and O–H groups in total. The Bertz CT molecular complexity index is 784. The van der Waals surface area contributed by atoms with Crippen molar-refractivity contribution in [1.82, 2.24) is 4.90 Å². The minimum absolute atomic E-state index is 0.0225. The van der Waals surface area contributed by atoms with Crippen LogP contribution in [0.15, 0.2) is 42.3 Å². The molecule has 1 saturated heterocycles. The number of benzene rings is 1. The van der Waals surface area contributed by atoms with Crippen molar-refractivity contribution < 1.29 is 14.2 Å². The number of allylic oxidation sites excluding steroid dienone is 3. The molecule has 0 radical (unpaired) electrons. The Morgan fingerprint density at radius 3 is 2.93 bits per heavy atom. The molecule has 0 saturated carbocycles. The molecule has 1 aromatic rings. The first-order chi connectivity index (χ1) is 14.1. The van der Waals surface area contributed by atoms with Crippen molar-refractivity contribution in [3.63, 3.8) is 0 Å². The number of ether oxygens (including phenoxy) is 1. The molecule has 4 nitrogen and oxygen atoms in total. The number of aliphatic hydroxyl groups excluding tert-OH is 1. The van der Waals surface area contributed by atoms with E-state index in [4.69, 9.17) is 16.3 Å². The molecule has 5 atom stereocenters. The van der Waals surface area contributed by atoms with Gasteiger partial charge in [-0.1, -0.05) is 24.6 Å². The lowest BCUT2D eigenvalue weighted by atomic mass is 9.73. The lowest BCUT2D eigenvalue weighted by Gasteiger charge is -2.48. The second-order valence-corrected chi connectivity index (χ2v) is 8.72. The van der Waals surface area contributed by atoms with Gasteiger partial charge in [-0.05, 0) is 56.2 Å². The van der Waals surface area contributed by atoms with Crippen molar-refractivity contribution >= 4 is 17.3 Å². The number of likely N-dealkylation sites (N-methyl/N-ethyl adjacent to an activating group) is 1. The molecule has 1 aromatic carbocycles. The third-order valence-electron chi connectivity index (χ3n) is 6.53. The Balaban J connectivity index is 1.57. The van der Waals surface area contributed by atoms with Crippen LogP contribution in [0.1, 0.15) is 37.9 Å². The van der Waals surface area contributed by atoms with E-state index in [0.29, 0.717) is 23.9 Å². The number of hydrogen-bond acceptors (Lipinski definition) is 4. The van der Waals surface area contributed by atoms with Gasteiger partial charge in [0.05, 0.1) is 18.8 Å². The summed E-state index contributed by atoms with van der Waals surface area (Å²) in [6.07, 6.45) is 8.11. The number of anilines is 1. The maximum atomic E-state index is 13.5. The number of hydrogen-bond donors (Lipinski definition) is 2. The largest absolute Gasteiger partial charge is 0.395 e. The van der Waals surface area contributed by atoms with Gasteiger partial charge in [-0.25, -0.2) is 4.39 Å². The first-order valence-corrected chi connectivity index (χ1v) is 11.0. The van der Waals surface area contributed by atoms with Gasteiger partial charge in [0.1, 0.15) is 5.83 Å². The third kappa shape index (κ3) is 4.53. The fourth-order valence-electron chi connectivity index (χ4n) is 5.01. The van der Waals surface area contributed by atoms with Crippen LogP contribution in [0.5, 0.6) is 0 Å². The SMILES string of the molecule is CCN(CCO)C[C@H]1CC[C@@H]2[C@H](O1)c1cc(Cl)ccc1N[C@H]2C1C=CC(F)=CC1. The molecule has 1 unspecified atom stereocenters. The van der Waals surface area contributed by atoms with Crippen molar-refractivity contribution in [2.24, 2.45) is 11.8 Å². The number of rotatable bonds is 6. The van der Waals surface area contributed by atoms with Crippen LogP contribution in [0.4, 0.5) is 10.1 Å². The van der Waals surface area contributed by atoms with Gasteiger partial charge in [-0.2, -0.15) is 0 Å². The van der Waals surface area contributed by atoms with Crippen LogP contribution in [-0.4, -0.2) is 48.4 Å². The molecule has 1 fully saturated rings. The zero-order valence-corrected chi connectivity index (χ0v) is 17.6. The van der Waals surface area contributed by atoms with Crippen LogP contribution in [0, 0.1) is 11.8 Å². The van der Waals surface area contributed by atoms with Crippen LogP contribution in [-0.2, 0) is 4.74 Å². The quantitative estimate of drug-likeness (QED) is 0.699. The molecular formula is C23H30ClFN2O2. The molecule has 0 aromatic heterocycles. The number of nitrogens with one attached hydrogen (secondary N) is 1. The summed E-state index contributed by atoms with van der Waals surface area (Å²) in [4.78, 5) is 2.24. The predicted octanol–water partition coefficient (Wildman–Crippen LogP) is 4.71. The molecule has 3 aliphatic rings. The van der Waals surface area contributed by atoms with Gasteiger partial charge in [0.2, 0.25) is 0 Å². The predicted molar refractivity (Wildman–Crippen MR) is 115 cm³/mol. The number of halogens is 2. The van der Waals surface area contributed by atoms with Crippen molar-refractivity contribution in [3.05, 3.63) is 52.8 Å². The summed E-state index contributed by atoms with van der Waals surface area (Å²) in [5, 5.41) is 13.7. The highest BCUT2D eigenvalue weighted by atomic mass is 35.5. The highest BCUT2D eigenvalue weighted by Crippen LogP contribution is 2.48. The van der Waals surface area contributed by atoms with E-state index in [0.717, 1.165) is 37.2 Å². The van der Waals surface area contributed by atoms with Crippen molar-refractivity contribution in [2.45, 2.75) is 44.4 Å². The standard InChI is InChI=1S/C23H30ClFN2O2/c1-2-27(11-12-28)14-18-8-9-19-22(15-3-6-17(25)7-4-15)26-21-10-5-16(24)13-20(21)23(19)29-18/h3,5-7,10,13,15,18-19,22-23,26,28H,2,4,8-9,11-12,14H2,1H3/t15?,18-,19+,22+,23+/m1/s1. The highest BCUT2D eigenvalue weighted by molar-refractivity contribution is 6.30. The fourth-order valence-corrected chi connectivity index (χ4v) is 5.19. The average Bonchev–Trinajstić information content (AvgIpc) is 2.73. The van der Waals surface area contributed by atoms with Crippen molar-refractivity contribution in [2.75, 3.05) is 31.6 Å². The van der Waals surface area contributed by atoms with E-state index < -0.39 is 0 Å². The molecule has 1 aliphatic carbocycles. The van der Waals surface area contributed by atoms with E-state index in [1.54, 1.807) is 12.2 Å². The second-order valence-electron chi connectivity index (χ2n) is 8.29. The van der Waals surface area contributed by atoms with Crippen LogP contribution in [0.25, 0.3) is 0 Å². The number of nitrogens with zero attached hydrogens (tertiary/aromatic N) is 1. The van der Waals surface area contributed by atoms with Gasteiger partial charge < -0.3 is 15.2 Å². The molecule has 4 rings (SSSR count). The molecule has 2 aliphatic heterocycles. The lowest BCUT2D eigenvalue weighted by Crippen LogP contribution is -2.48. The Hall–Kier alpha value is -1.40. The van der Waals surface area contributed by atoms with Crippen LogP contribution < -0.4 is 5.32 Å². The van der Waals surface area contributed by atoms with Gasteiger partial charge in [0.15, 0.2) is 0 Å². The van der Waals surface area contributed by atoms with Gasteiger partial charge in [0.25, 0.3) is 0 Å². The van der Waals surface area contributed by atoms with E-state index in [1.807, 2.05) is 24.3 Å². The summed E-state index contributed by atoms with van der Waals surface area (Å²) in [5.74, 6) is 0.408. The monoisotopic (exact) mass is 420 g/mol. The minimum atomic E-state index is -0.149. The maximum absolute atomic E-state index is 13.5. The van der Waals surface area contributed by atoms with Gasteiger partial charge in [-0.3, -0.25) is 4.90 Å². The Morgan fingerprint density at radius 2 is 2.21 bits per heavy atom. The summed E-state index contributed by atoms with van der Waals surface area (Å²) in [6, 6.07) is 6.15. The lowest BCUT2D eigenvalue weighted by molar-refractivity contribution is -0.105. The molecule has 0 amide bonds. The molecule has 0 spiro atoms. The van der Waals surface area contributed by atoms with Gasteiger partial charge >= 0.3 is 0 Å². The maximum Gasteiger partial charge on any atom is 0.118 e. The van der Waals surface area contributed by atoms with E-state index in [-0.39, 0.29) is 36.6 Å². The van der Waals surface area contributed by atoms with E-state index in [9.17, 15) is 9.50 Å². The van der Waals surface area contributed by atoms with Crippen molar-refractivity contribution in [3.8, 4) is 0 Å². The third-order valence-corrected chi connectivity index (χ3v) is 6.76. The molecule has 29 heavy (non-hydrogen) atoms. The number of aliphatic hydroxyl groups is 1. The molecule has 0 bridgehead atoms. The van der Waals surface area contributed by atoms with Gasteiger partial charge in [0, 0.05) is 47.2 Å². The zero-order valence-electron chi connectivity index (χ0n) is 16.9. The fraction of sp³-hybridized carbons (Fsp3) is 0.565. The summed E-state index contributed by atoms with van der Waals surface area (Å²) < 4.78 is 20.2. The Labute approximate surface area is 177 Å². The summed E-state index contributed by atoms with van der Waals surface area (Å²) in [5.41, 5.74) is 2.18. The first-order valence-electron chi connectivity index (χ1n) is 10.7. The second kappa shape index (κ2) is 9.17. The van der Waals surface area contributed by atoms with Gasteiger partial charge in [-0.15, -0.1) is 0 Å². The van der Waals surface area contributed by atoms with E-state index in [1.165, 1.54) is 0 Å².